The van der Waals surface area contributed by atoms with Crippen LogP contribution in [0.4, 0.5) is 0 Å². The Bertz CT molecular complexity index is 493. The minimum atomic E-state index is -0.0394. The van der Waals surface area contributed by atoms with Crippen molar-refractivity contribution in [2.24, 2.45) is 0 Å². The number of benzene rings is 1. The lowest BCUT2D eigenvalue weighted by Crippen LogP contribution is -2.25. The quantitative estimate of drug-likeness (QED) is 0.896. The zero-order valence-corrected chi connectivity index (χ0v) is 10.9. The van der Waals surface area contributed by atoms with E-state index in [9.17, 15) is 4.79 Å². The third-order valence-corrected chi connectivity index (χ3v) is 3.58. The van der Waals surface area contributed by atoms with Crippen LogP contribution in [0.2, 0.25) is 5.02 Å². The Hall–Kier alpha value is -1.32. The van der Waals surface area contributed by atoms with Gasteiger partial charge in [-0.3, -0.25) is 4.79 Å². The van der Waals surface area contributed by atoms with Crippen LogP contribution in [-0.4, -0.2) is 5.91 Å². The topological polar surface area (TPSA) is 29.1 Å². The average Bonchev–Trinajstić information content (AvgIpc) is 2.83. The summed E-state index contributed by atoms with van der Waals surface area (Å²) < 4.78 is 0. The lowest BCUT2D eigenvalue weighted by Gasteiger charge is -2.13. The zero-order valence-electron chi connectivity index (χ0n) is 9.31. The van der Waals surface area contributed by atoms with Gasteiger partial charge in [-0.1, -0.05) is 29.8 Å². The maximum absolute atomic E-state index is 11.8. The lowest BCUT2D eigenvalue weighted by atomic mass is 10.1. The van der Waals surface area contributed by atoms with Crippen molar-refractivity contribution in [3.8, 4) is 0 Å². The highest BCUT2D eigenvalue weighted by Gasteiger charge is 2.11. The van der Waals surface area contributed by atoms with Crippen LogP contribution in [0, 0.1) is 0 Å². The Morgan fingerprint density at radius 3 is 2.59 bits per heavy atom. The van der Waals surface area contributed by atoms with Gasteiger partial charge in [0, 0.05) is 5.02 Å². The molecule has 0 spiro atoms. The molecule has 1 N–H and O–H groups in total. The predicted octanol–water partition coefficient (Wildman–Crippen LogP) is 3.89. The molecule has 1 atom stereocenters. The van der Waals surface area contributed by atoms with Crippen LogP contribution in [0.3, 0.4) is 0 Å². The van der Waals surface area contributed by atoms with Gasteiger partial charge in [-0.25, -0.2) is 0 Å². The second-order valence-electron chi connectivity index (χ2n) is 3.72. The van der Waals surface area contributed by atoms with E-state index in [1.165, 1.54) is 11.3 Å². The number of hydrogen-bond acceptors (Lipinski definition) is 2. The Morgan fingerprint density at radius 2 is 2.00 bits per heavy atom. The van der Waals surface area contributed by atoms with Crippen molar-refractivity contribution < 1.29 is 4.79 Å². The van der Waals surface area contributed by atoms with Crippen LogP contribution in [0.1, 0.15) is 28.2 Å². The third kappa shape index (κ3) is 3.08. The minimum absolute atomic E-state index is 0.0260. The Morgan fingerprint density at radius 1 is 1.29 bits per heavy atom. The first-order valence-corrected chi connectivity index (χ1v) is 6.52. The first kappa shape index (κ1) is 12.1. The summed E-state index contributed by atoms with van der Waals surface area (Å²) >= 11 is 7.26. The summed E-state index contributed by atoms with van der Waals surface area (Å²) in [4.78, 5) is 12.6. The number of nitrogens with one attached hydrogen (secondary N) is 1. The van der Waals surface area contributed by atoms with Crippen LogP contribution in [0.15, 0.2) is 41.8 Å². The first-order valence-electron chi connectivity index (χ1n) is 5.26. The lowest BCUT2D eigenvalue weighted by molar-refractivity contribution is 0.0944. The fourth-order valence-electron chi connectivity index (χ4n) is 1.51. The number of rotatable bonds is 3. The van der Waals surface area contributed by atoms with E-state index in [0.29, 0.717) is 5.02 Å². The Balaban J connectivity index is 2.04. The molecule has 2 aromatic rings. The van der Waals surface area contributed by atoms with Gasteiger partial charge in [0.25, 0.3) is 5.91 Å². The van der Waals surface area contributed by atoms with Crippen LogP contribution < -0.4 is 5.32 Å². The second kappa shape index (κ2) is 5.34. The first-order chi connectivity index (χ1) is 8.16. The van der Waals surface area contributed by atoms with Gasteiger partial charge in [0.1, 0.15) is 0 Å². The SMILES string of the molecule is C[C@@H](NC(=O)c1cccs1)c1ccc(Cl)cc1. The molecule has 0 aliphatic heterocycles. The van der Waals surface area contributed by atoms with Gasteiger partial charge in [-0.2, -0.15) is 0 Å². The predicted molar refractivity (Wildman–Crippen MR) is 71.7 cm³/mol. The summed E-state index contributed by atoms with van der Waals surface area (Å²) in [5.74, 6) is -0.0394. The number of halogens is 1. The zero-order chi connectivity index (χ0) is 12.3. The minimum Gasteiger partial charge on any atom is -0.345 e. The van der Waals surface area contributed by atoms with Crippen LogP contribution >= 0.6 is 22.9 Å². The number of thiophene rings is 1. The molecule has 1 amide bonds. The van der Waals surface area contributed by atoms with Gasteiger partial charge in [-0.15, -0.1) is 11.3 Å². The van der Waals surface area contributed by atoms with Crippen molar-refractivity contribution in [2.75, 3.05) is 0 Å². The molecule has 0 aliphatic carbocycles. The molecule has 4 heteroatoms. The molecule has 88 valence electrons. The maximum atomic E-state index is 11.8. The van der Waals surface area contributed by atoms with Crippen LogP contribution in [0.25, 0.3) is 0 Å². The molecule has 2 rings (SSSR count). The summed E-state index contributed by atoms with van der Waals surface area (Å²) in [6, 6.07) is 11.1. The van der Waals surface area contributed by atoms with Gasteiger partial charge in [0.15, 0.2) is 0 Å². The van der Waals surface area contributed by atoms with E-state index >= 15 is 0 Å². The summed E-state index contributed by atoms with van der Waals surface area (Å²) in [5.41, 5.74) is 1.04. The van der Waals surface area contributed by atoms with E-state index < -0.39 is 0 Å². The molecule has 1 aromatic carbocycles. The van der Waals surface area contributed by atoms with Crippen molar-refractivity contribution in [3.63, 3.8) is 0 Å². The molecule has 0 saturated heterocycles. The third-order valence-electron chi connectivity index (χ3n) is 2.46. The van der Waals surface area contributed by atoms with Gasteiger partial charge in [0.05, 0.1) is 10.9 Å². The summed E-state index contributed by atoms with van der Waals surface area (Å²) in [6.45, 7) is 1.95. The van der Waals surface area contributed by atoms with Crippen molar-refractivity contribution >= 4 is 28.8 Å². The Kier molecular flexibility index (Phi) is 3.82. The van der Waals surface area contributed by atoms with Crippen LogP contribution in [-0.2, 0) is 0 Å². The molecule has 1 aromatic heterocycles. The van der Waals surface area contributed by atoms with Gasteiger partial charge in [-0.05, 0) is 36.1 Å². The highest BCUT2D eigenvalue weighted by atomic mass is 35.5. The van der Waals surface area contributed by atoms with E-state index in [2.05, 4.69) is 5.32 Å². The summed E-state index contributed by atoms with van der Waals surface area (Å²) in [7, 11) is 0. The molecule has 0 radical (unpaired) electrons. The Labute approximate surface area is 109 Å². The summed E-state index contributed by atoms with van der Waals surface area (Å²) in [6.07, 6.45) is 0. The fraction of sp³-hybridized carbons (Fsp3) is 0.154. The number of carbonyl (C=O) groups excluding carboxylic acids is 1. The molecule has 1 heterocycles. The molecule has 0 bridgehead atoms. The van der Waals surface area contributed by atoms with E-state index in [1.807, 2.05) is 48.7 Å². The van der Waals surface area contributed by atoms with Gasteiger partial charge in [0.2, 0.25) is 0 Å². The van der Waals surface area contributed by atoms with Gasteiger partial charge >= 0.3 is 0 Å². The summed E-state index contributed by atoms with van der Waals surface area (Å²) in [5, 5.41) is 5.54. The molecule has 0 saturated carbocycles. The smallest absolute Gasteiger partial charge is 0.261 e. The average molecular weight is 266 g/mol. The van der Waals surface area contributed by atoms with E-state index in [4.69, 9.17) is 11.6 Å². The maximum Gasteiger partial charge on any atom is 0.261 e. The molecular weight excluding hydrogens is 254 g/mol. The standard InChI is InChI=1S/C13H12ClNOS/c1-9(10-4-6-11(14)7-5-10)15-13(16)12-3-2-8-17-12/h2-9H,1H3,(H,15,16)/t9-/m1/s1. The largest absolute Gasteiger partial charge is 0.345 e. The van der Waals surface area contributed by atoms with Crippen LogP contribution in [0.5, 0.6) is 0 Å². The van der Waals surface area contributed by atoms with E-state index in [0.717, 1.165) is 10.4 Å². The van der Waals surface area contributed by atoms with E-state index in [1.54, 1.807) is 0 Å². The molecule has 0 aliphatic rings. The highest BCUT2D eigenvalue weighted by Crippen LogP contribution is 2.17. The molecule has 17 heavy (non-hydrogen) atoms. The van der Waals surface area contributed by atoms with Crippen molar-refractivity contribution in [1.29, 1.82) is 0 Å². The molecule has 2 nitrogen and oxygen atoms in total. The molecular formula is C13H12ClNOS. The highest BCUT2D eigenvalue weighted by molar-refractivity contribution is 7.12. The second-order valence-corrected chi connectivity index (χ2v) is 5.11. The van der Waals surface area contributed by atoms with Crippen molar-refractivity contribution in [1.82, 2.24) is 5.32 Å². The number of amides is 1. The molecule has 0 fully saturated rings. The monoisotopic (exact) mass is 265 g/mol. The fourth-order valence-corrected chi connectivity index (χ4v) is 2.26. The number of carbonyl (C=O) groups is 1. The van der Waals surface area contributed by atoms with Crippen molar-refractivity contribution in [2.45, 2.75) is 13.0 Å². The molecule has 0 unspecified atom stereocenters. The van der Waals surface area contributed by atoms with Crippen molar-refractivity contribution in [3.05, 3.63) is 57.2 Å². The number of hydrogen-bond donors (Lipinski definition) is 1. The van der Waals surface area contributed by atoms with Gasteiger partial charge < -0.3 is 5.32 Å². The van der Waals surface area contributed by atoms with E-state index in [-0.39, 0.29) is 11.9 Å². The normalized spacial score (nSPS) is 12.1.